The third-order valence-electron chi connectivity index (χ3n) is 6.66. The van der Waals surface area contributed by atoms with Crippen LogP contribution in [0.25, 0.3) is 0 Å². The van der Waals surface area contributed by atoms with Crippen molar-refractivity contribution in [2.75, 3.05) is 48.0 Å². The molecule has 2 aliphatic heterocycles. The number of nitrogens with zero attached hydrogens (tertiary/aromatic N) is 5. The number of rotatable bonds is 5. The SMILES string of the molecule is CC1CN(c2ccnc(Nc3ccc(N4CCOCC4)cc3)n2)C(=O)C1(C#N)C1CC1. The van der Waals surface area contributed by atoms with Crippen molar-refractivity contribution in [2.24, 2.45) is 17.3 Å². The number of carbonyl (C=O) groups is 1. The molecular weight excluding hydrogens is 392 g/mol. The normalized spacial score (nSPS) is 26.1. The molecule has 160 valence electrons. The van der Waals surface area contributed by atoms with Crippen LogP contribution in [0.1, 0.15) is 19.8 Å². The third kappa shape index (κ3) is 3.49. The van der Waals surface area contributed by atoms with Gasteiger partial charge in [-0.3, -0.25) is 9.69 Å². The average molecular weight is 419 g/mol. The van der Waals surface area contributed by atoms with Crippen LogP contribution in [0.4, 0.5) is 23.1 Å². The fourth-order valence-corrected chi connectivity index (χ4v) is 4.76. The summed E-state index contributed by atoms with van der Waals surface area (Å²) in [5.41, 5.74) is 1.13. The molecule has 0 bridgehead atoms. The first-order valence-electron chi connectivity index (χ1n) is 10.9. The molecule has 3 aliphatic rings. The zero-order chi connectivity index (χ0) is 21.4. The minimum Gasteiger partial charge on any atom is -0.378 e. The van der Waals surface area contributed by atoms with Gasteiger partial charge in [0.15, 0.2) is 0 Å². The molecule has 2 unspecified atom stereocenters. The van der Waals surface area contributed by atoms with Crippen molar-refractivity contribution < 1.29 is 9.53 Å². The molecule has 8 heteroatoms. The number of carbonyl (C=O) groups excluding carboxylic acids is 1. The summed E-state index contributed by atoms with van der Waals surface area (Å²) in [4.78, 5) is 26.1. The molecule has 1 aromatic heterocycles. The number of anilines is 4. The second kappa shape index (κ2) is 7.82. The summed E-state index contributed by atoms with van der Waals surface area (Å²) in [5, 5.41) is 13.1. The number of ether oxygens (including phenoxy) is 1. The lowest BCUT2D eigenvalue weighted by Crippen LogP contribution is -2.37. The highest BCUT2D eigenvalue weighted by molar-refractivity contribution is 6.02. The number of benzene rings is 1. The first-order valence-corrected chi connectivity index (χ1v) is 10.9. The van der Waals surface area contributed by atoms with Gasteiger partial charge in [-0.05, 0) is 49.1 Å². The summed E-state index contributed by atoms with van der Waals surface area (Å²) >= 11 is 0. The van der Waals surface area contributed by atoms with E-state index in [2.05, 4.69) is 38.4 Å². The molecule has 3 heterocycles. The molecular formula is C23H26N6O2. The Labute approximate surface area is 181 Å². The quantitative estimate of drug-likeness (QED) is 0.798. The molecule has 1 aliphatic carbocycles. The van der Waals surface area contributed by atoms with Crippen LogP contribution in [-0.2, 0) is 9.53 Å². The molecule has 3 fully saturated rings. The summed E-state index contributed by atoms with van der Waals surface area (Å²) in [7, 11) is 0. The van der Waals surface area contributed by atoms with Crippen LogP contribution in [0.3, 0.4) is 0 Å². The Morgan fingerprint density at radius 2 is 1.94 bits per heavy atom. The summed E-state index contributed by atoms with van der Waals surface area (Å²) in [6, 6.07) is 12.2. The van der Waals surface area contributed by atoms with Crippen LogP contribution < -0.4 is 15.1 Å². The van der Waals surface area contributed by atoms with Crippen molar-refractivity contribution in [3.63, 3.8) is 0 Å². The Morgan fingerprint density at radius 3 is 2.61 bits per heavy atom. The van der Waals surface area contributed by atoms with Crippen LogP contribution in [0.15, 0.2) is 36.5 Å². The van der Waals surface area contributed by atoms with Crippen LogP contribution in [-0.4, -0.2) is 48.7 Å². The molecule has 31 heavy (non-hydrogen) atoms. The average Bonchev–Trinajstić information content (AvgIpc) is 3.62. The van der Waals surface area contributed by atoms with E-state index in [-0.39, 0.29) is 17.7 Å². The molecule has 2 atom stereocenters. The maximum atomic E-state index is 13.2. The van der Waals surface area contributed by atoms with Crippen molar-refractivity contribution in [1.82, 2.24) is 9.97 Å². The summed E-state index contributed by atoms with van der Waals surface area (Å²) in [5.74, 6) is 1.01. The van der Waals surface area contributed by atoms with Gasteiger partial charge < -0.3 is 15.0 Å². The summed E-state index contributed by atoms with van der Waals surface area (Å²) < 4.78 is 5.41. The molecule has 8 nitrogen and oxygen atoms in total. The molecule has 1 saturated carbocycles. The highest BCUT2D eigenvalue weighted by Crippen LogP contribution is 2.54. The van der Waals surface area contributed by atoms with Crippen molar-refractivity contribution in [3.8, 4) is 6.07 Å². The molecule has 5 rings (SSSR count). The minimum absolute atomic E-state index is 0.0170. The van der Waals surface area contributed by atoms with Gasteiger partial charge in [0, 0.05) is 43.1 Å². The van der Waals surface area contributed by atoms with Crippen LogP contribution in [0.2, 0.25) is 0 Å². The van der Waals surface area contributed by atoms with Gasteiger partial charge in [-0.25, -0.2) is 4.98 Å². The first-order chi connectivity index (χ1) is 15.1. The van der Waals surface area contributed by atoms with Crippen molar-refractivity contribution >= 4 is 29.0 Å². The molecule has 2 aromatic rings. The van der Waals surface area contributed by atoms with Crippen LogP contribution in [0, 0.1) is 28.6 Å². The first kappa shape index (κ1) is 19.8. The Hall–Kier alpha value is -3.18. The fourth-order valence-electron chi connectivity index (χ4n) is 4.76. The van der Waals surface area contributed by atoms with E-state index >= 15 is 0 Å². The Balaban J connectivity index is 1.32. The van der Waals surface area contributed by atoms with Gasteiger partial charge in [-0.15, -0.1) is 0 Å². The smallest absolute Gasteiger partial charge is 0.249 e. The molecule has 0 spiro atoms. The summed E-state index contributed by atoms with van der Waals surface area (Å²) in [6.07, 6.45) is 3.55. The zero-order valence-electron chi connectivity index (χ0n) is 17.6. The van der Waals surface area contributed by atoms with Crippen LogP contribution in [0.5, 0.6) is 0 Å². The second-order valence-corrected chi connectivity index (χ2v) is 8.58. The number of nitrogens with one attached hydrogen (secondary N) is 1. The third-order valence-corrected chi connectivity index (χ3v) is 6.66. The molecule has 2 saturated heterocycles. The highest BCUT2D eigenvalue weighted by atomic mass is 16.5. The topological polar surface area (TPSA) is 94.4 Å². The number of hydrogen-bond donors (Lipinski definition) is 1. The van der Waals surface area contributed by atoms with Gasteiger partial charge in [-0.1, -0.05) is 6.92 Å². The van der Waals surface area contributed by atoms with E-state index < -0.39 is 5.41 Å². The van der Waals surface area contributed by atoms with E-state index in [9.17, 15) is 10.1 Å². The lowest BCUT2D eigenvalue weighted by atomic mass is 9.75. The van der Waals surface area contributed by atoms with Gasteiger partial charge in [0.05, 0.1) is 19.3 Å². The van der Waals surface area contributed by atoms with E-state index in [1.165, 1.54) is 0 Å². The van der Waals surface area contributed by atoms with Gasteiger partial charge in [-0.2, -0.15) is 10.2 Å². The van der Waals surface area contributed by atoms with Crippen molar-refractivity contribution in [1.29, 1.82) is 5.26 Å². The largest absolute Gasteiger partial charge is 0.378 e. The number of morpholine rings is 1. The Morgan fingerprint density at radius 1 is 1.19 bits per heavy atom. The number of hydrogen-bond acceptors (Lipinski definition) is 7. The molecule has 1 aromatic carbocycles. The lowest BCUT2D eigenvalue weighted by Gasteiger charge is -2.28. The minimum atomic E-state index is -0.909. The maximum Gasteiger partial charge on any atom is 0.249 e. The zero-order valence-corrected chi connectivity index (χ0v) is 17.6. The van der Waals surface area contributed by atoms with E-state index in [1.54, 1.807) is 17.2 Å². The fraction of sp³-hybridized carbons (Fsp3) is 0.478. The highest BCUT2D eigenvalue weighted by Gasteiger charge is 2.61. The van der Waals surface area contributed by atoms with E-state index in [0.29, 0.717) is 18.3 Å². The van der Waals surface area contributed by atoms with Crippen molar-refractivity contribution in [2.45, 2.75) is 19.8 Å². The molecule has 1 amide bonds. The molecule has 1 N–H and O–H groups in total. The van der Waals surface area contributed by atoms with Gasteiger partial charge in [0.2, 0.25) is 11.9 Å². The Bertz CT molecular complexity index is 1010. The number of nitriles is 1. The van der Waals surface area contributed by atoms with Crippen molar-refractivity contribution in [3.05, 3.63) is 36.5 Å². The monoisotopic (exact) mass is 418 g/mol. The summed E-state index contributed by atoms with van der Waals surface area (Å²) in [6.45, 7) is 5.80. The van der Waals surface area contributed by atoms with Crippen LogP contribution >= 0.6 is 0 Å². The van der Waals surface area contributed by atoms with Gasteiger partial charge in [0.1, 0.15) is 11.2 Å². The Kier molecular flexibility index (Phi) is 4.98. The van der Waals surface area contributed by atoms with Gasteiger partial charge in [0.25, 0.3) is 0 Å². The van der Waals surface area contributed by atoms with E-state index in [4.69, 9.17) is 4.74 Å². The second-order valence-electron chi connectivity index (χ2n) is 8.58. The number of amides is 1. The predicted octanol–water partition coefficient (Wildman–Crippen LogP) is 2.96. The molecule has 0 radical (unpaired) electrons. The predicted molar refractivity (Wildman–Crippen MR) is 117 cm³/mol. The standard InChI is InChI=1S/C23H26N6O2/c1-16-14-29(21(30)23(16,15-24)17-2-3-17)20-8-9-25-22(27-20)26-18-4-6-19(7-5-18)28-10-12-31-13-11-28/h4-9,16-17H,2-3,10-14H2,1H3,(H,25,26,27). The van der Waals surface area contributed by atoms with E-state index in [0.717, 1.165) is 50.5 Å². The van der Waals surface area contributed by atoms with E-state index in [1.807, 2.05) is 19.1 Å². The lowest BCUT2D eigenvalue weighted by molar-refractivity contribution is -0.124. The van der Waals surface area contributed by atoms with Gasteiger partial charge >= 0.3 is 0 Å². The number of aromatic nitrogens is 2. The maximum absolute atomic E-state index is 13.2.